The van der Waals surface area contributed by atoms with Crippen LogP contribution in [-0.2, 0) is 6.42 Å². The number of benzene rings is 1. The Morgan fingerprint density at radius 1 is 1.19 bits per heavy atom. The average molecular weight is 296 g/mol. The third kappa shape index (κ3) is 3.69. The van der Waals surface area contributed by atoms with E-state index in [2.05, 4.69) is 65.1 Å². The monoisotopic (exact) mass is 296 g/mol. The molecule has 0 saturated heterocycles. The summed E-state index contributed by atoms with van der Waals surface area (Å²) in [5.41, 5.74) is 3.78. The number of nitrogens with one attached hydrogen (secondary N) is 1. The van der Waals surface area contributed by atoms with Crippen molar-refractivity contribution in [2.75, 3.05) is 6.54 Å². The minimum absolute atomic E-state index is 0.347. The SMILES string of the molecule is CC(NCCCc1ccccc1)c1cnc2ccsc2c1. The van der Waals surface area contributed by atoms with E-state index in [1.165, 1.54) is 15.8 Å². The van der Waals surface area contributed by atoms with Gasteiger partial charge in [-0.25, -0.2) is 0 Å². The predicted octanol–water partition coefficient (Wildman–Crippen LogP) is 4.58. The molecular weight excluding hydrogens is 276 g/mol. The van der Waals surface area contributed by atoms with Gasteiger partial charge in [-0.3, -0.25) is 4.98 Å². The highest BCUT2D eigenvalue weighted by atomic mass is 32.1. The molecule has 0 spiro atoms. The van der Waals surface area contributed by atoms with Crippen molar-refractivity contribution < 1.29 is 0 Å². The Kier molecular flexibility index (Phi) is 4.63. The highest BCUT2D eigenvalue weighted by molar-refractivity contribution is 7.17. The summed E-state index contributed by atoms with van der Waals surface area (Å²) in [6.45, 7) is 3.23. The van der Waals surface area contributed by atoms with Crippen LogP contribution in [0.2, 0.25) is 0 Å². The fourth-order valence-electron chi connectivity index (χ4n) is 2.47. The quantitative estimate of drug-likeness (QED) is 0.673. The van der Waals surface area contributed by atoms with Crippen molar-refractivity contribution in [1.82, 2.24) is 10.3 Å². The summed E-state index contributed by atoms with van der Waals surface area (Å²) >= 11 is 1.75. The number of nitrogens with zero attached hydrogens (tertiary/aromatic N) is 1. The molecule has 2 nitrogen and oxygen atoms in total. The molecule has 3 aromatic rings. The first kappa shape index (κ1) is 14.2. The largest absolute Gasteiger partial charge is 0.310 e. The molecule has 0 aliphatic heterocycles. The van der Waals surface area contributed by atoms with E-state index >= 15 is 0 Å². The van der Waals surface area contributed by atoms with E-state index in [0.717, 1.165) is 24.9 Å². The van der Waals surface area contributed by atoms with E-state index in [-0.39, 0.29) is 0 Å². The Labute approximate surface area is 129 Å². The molecule has 1 atom stereocenters. The molecule has 1 N–H and O–H groups in total. The fraction of sp³-hybridized carbons (Fsp3) is 0.278. The van der Waals surface area contributed by atoms with Gasteiger partial charge in [-0.05, 0) is 54.9 Å². The maximum atomic E-state index is 4.51. The Bertz CT molecular complexity index is 691. The van der Waals surface area contributed by atoms with Gasteiger partial charge in [-0.15, -0.1) is 11.3 Å². The summed E-state index contributed by atoms with van der Waals surface area (Å²) in [6, 6.07) is 15.3. The first-order valence-corrected chi connectivity index (χ1v) is 8.31. The number of hydrogen-bond donors (Lipinski definition) is 1. The van der Waals surface area contributed by atoms with E-state index in [0.29, 0.717) is 6.04 Å². The molecule has 0 bridgehead atoms. The second-order valence-electron chi connectivity index (χ2n) is 5.34. The van der Waals surface area contributed by atoms with Gasteiger partial charge in [0.25, 0.3) is 0 Å². The fourth-order valence-corrected chi connectivity index (χ4v) is 3.26. The third-order valence-electron chi connectivity index (χ3n) is 3.76. The number of hydrogen-bond acceptors (Lipinski definition) is 3. The maximum Gasteiger partial charge on any atom is 0.0809 e. The highest BCUT2D eigenvalue weighted by Crippen LogP contribution is 2.22. The molecule has 0 saturated carbocycles. The summed E-state index contributed by atoms with van der Waals surface area (Å²) < 4.78 is 1.27. The third-order valence-corrected chi connectivity index (χ3v) is 4.61. The first-order valence-electron chi connectivity index (χ1n) is 7.43. The van der Waals surface area contributed by atoms with Crippen LogP contribution in [0.25, 0.3) is 10.2 Å². The molecule has 0 radical (unpaired) electrons. The molecule has 2 heterocycles. The molecule has 21 heavy (non-hydrogen) atoms. The van der Waals surface area contributed by atoms with Crippen LogP contribution in [0.4, 0.5) is 0 Å². The Morgan fingerprint density at radius 3 is 2.90 bits per heavy atom. The lowest BCUT2D eigenvalue weighted by Gasteiger charge is -2.14. The molecule has 0 amide bonds. The minimum atomic E-state index is 0.347. The lowest BCUT2D eigenvalue weighted by atomic mass is 10.1. The van der Waals surface area contributed by atoms with Crippen LogP contribution >= 0.6 is 11.3 Å². The topological polar surface area (TPSA) is 24.9 Å². The number of rotatable bonds is 6. The van der Waals surface area contributed by atoms with Crippen molar-refractivity contribution in [3.8, 4) is 0 Å². The van der Waals surface area contributed by atoms with Crippen LogP contribution in [0.15, 0.2) is 54.0 Å². The standard InChI is InChI=1S/C18H20N2S/c1-14(16-12-18-17(20-13-16)9-11-21-18)19-10-5-8-15-6-3-2-4-7-15/h2-4,6-7,9,11-14,19H,5,8,10H2,1H3. The molecule has 3 rings (SSSR count). The van der Waals surface area contributed by atoms with Crippen LogP contribution in [0.3, 0.4) is 0 Å². The van der Waals surface area contributed by atoms with Gasteiger partial charge in [0.1, 0.15) is 0 Å². The summed E-state index contributed by atoms with van der Waals surface area (Å²) in [4.78, 5) is 4.51. The molecule has 1 aromatic carbocycles. The van der Waals surface area contributed by atoms with Crippen molar-refractivity contribution in [2.45, 2.75) is 25.8 Å². The second-order valence-corrected chi connectivity index (χ2v) is 6.29. The maximum absolute atomic E-state index is 4.51. The van der Waals surface area contributed by atoms with Crippen LogP contribution < -0.4 is 5.32 Å². The van der Waals surface area contributed by atoms with Crippen LogP contribution in [0.1, 0.15) is 30.5 Å². The Morgan fingerprint density at radius 2 is 2.05 bits per heavy atom. The summed E-state index contributed by atoms with van der Waals surface area (Å²) in [5.74, 6) is 0. The lowest BCUT2D eigenvalue weighted by Crippen LogP contribution is -2.20. The zero-order chi connectivity index (χ0) is 14.5. The van der Waals surface area contributed by atoms with Crippen LogP contribution in [0.5, 0.6) is 0 Å². The minimum Gasteiger partial charge on any atom is -0.310 e. The van der Waals surface area contributed by atoms with Crippen molar-refractivity contribution in [2.24, 2.45) is 0 Å². The Balaban J connectivity index is 1.50. The van der Waals surface area contributed by atoms with Crippen molar-refractivity contribution in [3.63, 3.8) is 0 Å². The van der Waals surface area contributed by atoms with E-state index in [1.54, 1.807) is 11.3 Å². The zero-order valence-corrected chi connectivity index (χ0v) is 13.1. The van der Waals surface area contributed by atoms with Gasteiger partial charge in [0.2, 0.25) is 0 Å². The molecule has 2 aromatic heterocycles. The number of pyridine rings is 1. The van der Waals surface area contributed by atoms with Gasteiger partial charge < -0.3 is 5.32 Å². The van der Waals surface area contributed by atoms with Gasteiger partial charge in [0, 0.05) is 12.2 Å². The Hall–Kier alpha value is -1.71. The number of fused-ring (bicyclic) bond motifs is 1. The van der Waals surface area contributed by atoms with Crippen LogP contribution in [0, 0.1) is 0 Å². The first-order chi connectivity index (χ1) is 10.3. The van der Waals surface area contributed by atoms with Gasteiger partial charge in [-0.1, -0.05) is 30.3 Å². The van der Waals surface area contributed by atoms with Gasteiger partial charge in [0.15, 0.2) is 0 Å². The number of aromatic nitrogens is 1. The van der Waals surface area contributed by atoms with E-state index in [4.69, 9.17) is 0 Å². The lowest BCUT2D eigenvalue weighted by molar-refractivity contribution is 0.557. The van der Waals surface area contributed by atoms with Gasteiger partial charge >= 0.3 is 0 Å². The molecular formula is C18H20N2S. The normalized spacial score (nSPS) is 12.6. The molecule has 1 unspecified atom stereocenters. The van der Waals surface area contributed by atoms with E-state index in [1.807, 2.05) is 6.20 Å². The van der Waals surface area contributed by atoms with Crippen molar-refractivity contribution in [3.05, 3.63) is 65.2 Å². The van der Waals surface area contributed by atoms with Gasteiger partial charge in [0.05, 0.1) is 10.2 Å². The van der Waals surface area contributed by atoms with E-state index < -0.39 is 0 Å². The average Bonchev–Trinajstić information content (AvgIpc) is 3.00. The highest BCUT2D eigenvalue weighted by Gasteiger charge is 2.06. The molecule has 3 heteroatoms. The predicted molar refractivity (Wildman–Crippen MR) is 90.8 cm³/mol. The van der Waals surface area contributed by atoms with Gasteiger partial charge in [-0.2, -0.15) is 0 Å². The number of aryl methyl sites for hydroxylation is 1. The summed E-state index contributed by atoms with van der Waals surface area (Å²) in [5, 5.41) is 5.69. The molecule has 0 aliphatic rings. The van der Waals surface area contributed by atoms with E-state index in [9.17, 15) is 0 Å². The summed E-state index contributed by atoms with van der Waals surface area (Å²) in [6.07, 6.45) is 4.27. The smallest absolute Gasteiger partial charge is 0.0809 e. The number of thiophene rings is 1. The van der Waals surface area contributed by atoms with Crippen molar-refractivity contribution in [1.29, 1.82) is 0 Å². The molecule has 0 fully saturated rings. The van der Waals surface area contributed by atoms with Crippen molar-refractivity contribution >= 4 is 21.6 Å². The zero-order valence-electron chi connectivity index (χ0n) is 12.3. The second kappa shape index (κ2) is 6.83. The molecule has 0 aliphatic carbocycles. The van der Waals surface area contributed by atoms with Crippen LogP contribution in [-0.4, -0.2) is 11.5 Å². The summed E-state index contributed by atoms with van der Waals surface area (Å²) in [7, 11) is 0. The molecule has 108 valence electrons.